The van der Waals surface area contributed by atoms with Gasteiger partial charge in [-0.1, -0.05) is 6.07 Å². The third-order valence-electron chi connectivity index (χ3n) is 6.09. The molecule has 0 radical (unpaired) electrons. The first-order chi connectivity index (χ1) is 15.7. The van der Waals surface area contributed by atoms with Crippen molar-refractivity contribution >= 4 is 41.0 Å². The van der Waals surface area contributed by atoms with Crippen molar-refractivity contribution < 1.29 is 9.36 Å². The van der Waals surface area contributed by atoms with Gasteiger partial charge < -0.3 is 9.88 Å². The van der Waals surface area contributed by atoms with Gasteiger partial charge in [0.25, 0.3) is 0 Å². The molecule has 1 saturated carbocycles. The molecule has 3 heterocycles. The monoisotopic (exact) mass is 461 g/mol. The van der Waals surface area contributed by atoms with Crippen LogP contribution in [-0.4, -0.2) is 39.6 Å². The Morgan fingerprint density at radius 2 is 1.97 bits per heavy atom. The van der Waals surface area contributed by atoms with Gasteiger partial charge in [-0.15, -0.1) is 0 Å². The molecule has 1 fully saturated rings. The van der Waals surface area contributed by atoms with Crippen LogP contribution in [0.3, 0.4) is 0 Å². The van der Waals surface area contributed by atoms with Crippen LogP contribution in [0.1, 0.15) is 31.2 Å². The Morgan fingerprint density at radius 3 is 2.64 bits per heavy atom. The van der Waals surface area contributed by atoms with Crippen LogP contribution in [0.25, 0.3) is 11.3 Å². The second-order valence-electron chi connectivity index (χ2n) is 9.48. The van der Waals surface area contributed by atoms with Crippen molar-refractivity contribution in [2.24, 2.45) is 18.0 Å². The summed E-state index contributed by atoms with van der Waals surface area (Å²) in [6.07, 6.45) is 4.90. The Labute approximate surface area is 193 Å². The van der Waals surface area contributed by atoms with E-state index in [1.165, 1.54) is 0 Å². The molecule has 5 rings (SSSR count). The molecule has 1 aromatic carbocycles. The Bertz CT molecular complexity index is 1350. The molecule has 0 atom stereocenters. The SMILES string of the molecule is CC1=Nc2c(Nc3ccc(-c4ccn(C)n4)cc3P(C)(C)=O)cc(CC(=O)C3CC3)nc2C1. The molecule has 0 spiro atoms. The molecule has 0 saturated heterocycles. The Morgan fingerprint density at radius 1 is 1.18 bits per heavy atom. The van der Waals surface area contributed by atoms with E-state index in [4.69, 9.17) is 9.98 Å². The second kappa shape index (κ2) is 8.07. The predicted molar refractivity (Wildman–Crippen MR) is 133 cm³/mol. The first-order valence-corrected chi connectivity index (χ1v) is 13.8. The van der Waals surface area contributed by atoms with Crippen LogP contribution < -0.4 is 10.6 Å². The summed E-state index contributed by atoms with van der Waals surface area (Å²) in [6, 6.07) is 9.76. The number of pyridine rings is 1. The van der Waals surface area contributed by atoms with Gasteiger partial charge in [-0.25, -0.2) is 0 Å². The number of nitrogens with zero attached hydrogens (tertiary/aromatic N) is 4. The summed E-state index contributed by atoms with van der Waals surface area (Å²) >= 11 is 0. The van der Waals surface area contributed by atoms with Crippen molar-refractivity contribution in [2.75, 3.05) is 18.6 Å². The summed E-state index contributed by atoms with van der Waals surface area (Å²) in [6.45, 7) is 5.53. The lowest BCUT2D eigenvalue weighted by Gasteiger charge is -2.18. The van der Waals surface area contributed by atoms with Gasteiger partial charge in [0.15, 0.2) is 0 Å². The molecule has 1 aliphatic heterocycles. The Hall–Kier alpha value is -3.05. The molecule has 1 aliphatic carbocycles. The summed E-state index contributed by atoms with van der Waals surface area (Å²) in [5.41, 5.74) is 6.78. The number of Topliss-reactive ketones (excluding diaryl/α,β-unsaturated/α-hetero) is 1. The van der Waals surface area contributed by atoms with Crippen LogP contribution in [0, 0.1) is 5.92 Å². The number of carbonyl (C=O) groups excluding carboxylic acids is 1. The summed E-state index contributed by atoms with van der Waals surface area (Å²) < 4.78 is 15.0. The summed E-state index contributed by atoms with van der Waals surface area (Å²) in [4.78, 5) is 21.9. The molecule has 7 nitrogen and oxygen atoms in total. The van der Waals surface area contributed by atoms with Gasteiger partial charge >= 0.3 is 0 Å². The molecule has 2 aromatic heterocycles. The van der Waals surface area contributed by atoms with Crippen LogP contribution >= 0.6 is 7.14 Å². The van der Waals surface area contributed by atoms with E-state index in [0.717, 1.165) is 63.6 Å². The number of aromatic nitrogens is 3. The quantitative estimate of drug-likeness (QED) is 0.518. The summed E-state index contributed by atoms with van der Waals surface area (Å²) in [5, 5.41) is 8.72. The maximum atomic E-state index is 13.2. The highest BCUT2D eigenvalue weighted by atomic mass is 31.2. The van der Waals surface area contributed by atoms with E-state index in [1.54, 1.807) is 18.0 Å². The number of hydrogen-bond acceptors (Lipinski definition) is 6. The molecule has 1 N–H and O–H groups in total. The number of ketones is 1. The molecular formula is C25H28N5O2P. The fraction of sp³-hybridized carbons (Fsp3) is 0.360. The molecule has 2 aliphatic rings. The van der Waals surface area contributed by atoms with E-state index in [-0.39, 0.29) is 11.7 Å². The highest BCUT2D eigenvalue weighted by Crippen LogP contribution is 2.42. The first kappa shape index (κ1) is 21.8. The molecule has 0 bridgehead atoms. The molecule has 0 unspecified atom stereocenters. The zero-order valence-corrected chi connectivity index (χ0v) is 20.3. The van der Waals surface area contributed by atoms with Gasteiger partial charge in [-0.3, -0.25) is 19.5 Å². The molecule has 8 heteroatoms. The van der Waals surface area contributed by atoms with E-state index >= 15 is 0 Å². The van der Waals surface area contributed by atoms with E-state index in [2.05, 4.69) is 10.4 Å². The third-order valence-corrected chi connectivity index (χ3v) is 7.62. The minimum Gasteiger partial charge on any atom is -0.353 e. The smallest absolute Gasteiger partial charge is 0.141 e. The predicted octanol–water partition coefficient (Wildman–Crippen LogP) is 4.64. The van der Waals surface area contributed by atoms with Crippen molar-refractivity contribution in [3.8, 4) is 11.3 Å². The average molecular weight is 462 g/mol. The number of carbonyl (C=O) groups is 1. The Kier molecular flexibility index (Phi) is 5.32. The van der Waals surface area contributed by atoms with E-state index in [0.29, 0.717) is 12.8 Å². The molecule has 0 amide bonds. The number of aryl methyl sites for hydroxylation is 1. The van der Waals surface area contributed by atoms with E-state index in [1.807, 2.05) is 50.5 Å². The number of nitrogens with one attached hydrogen (secondary N) is 1. The standard InChI is InChI=1S/C25H28N5O2P/c1-15-11-21-25(26-15)22(13-18(27-21)14-23(31)16-5-6-16)28-20-8-7-17(12-24(20)33(3,4)32)19-9-10-30(2)29-19/h7-10,12-13,16H,5-6,11,14H2,1-4H3,(H,27,28). The lowest BCUT2D eigenvalue weighted by molar-refractivity contribution is -0.119. The summed E-state index contributed by atoms with van der Waals surface area (Å²) in [5.74, 6) is 0.460. The van der Waals surface area contributed by atoms with Crippen molar-refractivity contribution in [1.82, 2.24) is 14.8 Å². The van der Waals surface area contributed by atoms with Gasteiger partial charge in [0.2, 0.25) is 0 Å². The Balaban J connectivity index is 1.54. The molecular weight excluding hydrogens is 433 g/mol. The van der Waals surface area contributed by atoms with Crippen molar-refractivity contribution in [2.45, 2.75) is 32.6 Å². The normalized spacial score (nSPS) is 15.3. The van der Waals surface area contributed by atoms with Crippen LogP contribution in [0.5, 0.6) is 0 Å². The molecule has 33 heavy (non-hydrogen) atoms. The number of hydrogen-bond donors (Lipinski definition) is 1. The molecule has 170 valence electrons. The van der Waals surface area contributed by atoms with Crippen molar-refractivity contribution in [1.29, 1.82) is 0 Å². The van der Waals surface area contributed by atoms with Gasteiger partial charge in [-0.2, -0.15) is 5.10 Å². The lowest BCUT2D eigenvalue weighted by Crippen LogP contribution is -2.12. The van der Waals surface area contributed by atoms with Gasteiger partial charge in [0.05, 0.1) is 22.8 Å². The number of anilines is 2. The van der Waals surface area contributed by atoms with E-state index < -0.39 is 7.14 Å². The van der Waals surface area contributed by atoms with Crippen LogP contribution in [0.15, 0.2) is 41.5 Å². The highest BCUT2D eigenvalue weighted by molar-refractivity contribution is 7.70. The van der Waals surface area contributed by atoms with Gasteiger partial charge in [0.1, 0.15) is 18.6 Å². The number of rotatable bonds is 7. The largest absolute Gasteiger partial charge is 0.353 e. The summed E-state index contributed by atoms with van der Waals surface area (Å²) in [7, 11) is -0.729. The molecule has 3 aromatic rings. The maximum absolute atomic E-state index is 13.2. The minimum absolute atomic E-state index is 0.200. The van der Waals surface area contributed by atoms with Crippen molar-refractivity contribution in [3.63, 3.8) is 0 Å². The lowest BCUT2D eigenvalue weighted by atomic mass is 10.1. The third kappa shape index (κ3) is 4.55. The maximum Gasteiger partial charge on any atom is 0.141 e. The van der Waals surface area contributed by atoms with Crippen LogP contribution in [-0.2, 0) is 29.2 Å². The zero-order valence-electron chi connectivity index (χ0n) is 19.4. The number of benzene rings is 1. The topological polar surface area (TPSA) is 89.2 Å². The fourth-order valence-corrected chi connectivity index (χ4v) is 5.40. The first-order valence-electron chi connectivity index (χ1n) is 11.2. The highest BCUT2D eigenvalue weighted by Gasteiger charge is 2.30. The zero-order chi connectivity index (χ0) is 23.3. The minimum atomic E-state index is -2.61. The second-order valence-corrected chi connectivity index (χ2v) is 12.7. The van der Waals surface area contributed by atoms with E-state index in [9.17, 15) is 9.36 Å². The van der Waals surface area contributed by atoms with Crippen LogP contribution in [0.4, 0.5) is 17.1 Å². The van der Waals surface area contributed by atoms with Crippen molar-refractivity contribution in [3.05, 3.63) is 47.9 Å². The average Bonchev–Trinajstić information content (AvgIpc) is 3.40. The van der Waals surface area contributed by atoms with Gasteiger partial charge in [-0.05, 0) is 57.4 Å². The number of fused-ring (bicyclic) bond motifs is 1. The fourth-order valence-electron chi connectivity index (χ4n) is 4.24. The van der Waals surface area contributed by atoms with Gasteiger partial charge in [0, 0.05) is 54.3 Å². The van der Waals surface area contributed by atoms with Crippen LogP contribution in [0.2, 0.25) is 0 Å². The number of aliphatic imine (C=N–C) groups is 1.